The first-order chi connectivity index (χ1) is 29.0. The van der Waals surface area contributed by atoms with Crippen LogP contribution in [0.3, 0.4) is 0 Å². The van der Waals surface area contributed by atoms with E-state index in [1.807, 2.05) is 6.33 Å². The number of hydrogen-bond donors (Lipinski definition) is 2. The summed E-state index contributed by atoms with van der Waals surface area (Å²) in [6, 6.07) is 0. The molecular weight excluding hydrogens is 737 g/mol. The molecule has 2 aromatic heterocycles. The number of esters is 1. The Bertz CT molecular complexity index is 1230. The fourth-order valence-corrected chi connectivity index (χ4v) is 8.20. The Morgan fingerprint density at radius 1 is 0.627 bits per heavy atom. The number of aromatic nitrogens is 4. The highest BCUT2D eigenvalue weighted by Crippen LogP contribution is 2.20. The summed E-state index contributed by atoms with van der Waals surface area (Å²) in [5.74, 6) is 0.402. The van der Waals surface area contributed by atoms with Crippen molar-refractivity contribution in [2.24, 2.45) is 0 Å². The second kappa shape index (κ2) is 37.5. The number of unbranched alkanes of at least 4 members (excludes halogenated alkanes) is 23. The number of fused-ring (bicyclic) bond motifs is 1. The van der Waals surface area contributed by atoms with Gasteiger partial charge in [-0.2, -0.15) is 0 Å². The second-order valence-corrected chi connectivity index (χ2v) is 17.5. The van der Waals surface area contributed by atoms with Crippen molar-refractivity contribution in [3.8, 4) is 0 Å². The van der Waals surface area contributed by atoms with Crippen molar-refractivity contribution in [1.29, 1.82) is 0 Å². The fraction of sp³-hybridized carbons (Fsp3) is 0.878. The average molecular weight is 829 g/mol. The van der Waals surface area contributed by atoms with Crippen LogP contribution in [0.5, 0.6) is 0 Å². The summed E-state index contributed by atoms with van der Waals surface area (Å²) in [5.41, 5.74) is 7.50. The van der Waals surface area contributed by atoms with E-state index < -0.39 is 6.29 Å². The number of aryl methyl sites for hydroxylation is 1. The number of rotatable bonds is 43. The number of carbonyl (C=O) groups excluding carboxylic acids is 1. The highest BCUT2D eigenvalue weighted by Gasteiger charge is 2.15. The Morgan fingerprint density at radius 2 is 1.12 bits per heavy atom. The minimum atomic E-state index is -0.630. The summed E-state index contributed by atoms with van der Waals surface area (Å²) in [7, 11) is 0. The zero-order valence-electron chi connectivity index (χ0n) is 38.7. The molecule has 0 aliphatic rings. The molecule has 0 radical (unpaired) electrons. The summed E-state index contributed by atoms with van der Waals surface area (Å²) in [4.78, 5) is 27.7. The summed E-state index contributed by atoms with van der Waals surface area (Å²) in [5, 5.41) is 10.8. The van der Waals surface area contributed by atoms with Crippen molar-refractivity contribution < 1.29 is 19.4 Å². The molecule has 1 atom stereocenters. The SMILES string of the molecule is CCCCCCCCOC(=O)CCCCCCCN(CCCCCCCC(O)OC(CCCCCCCC)CCCCCCCC)CCCn1cnc2c(N)ncnc21. The van der Waals surface area contributed by atoms with Crippen molar-refractivity contribution >= 4 is 23.0 Å². The molecule has 59 heavy (non-hydrogen) atoms. The van der Waals surface area contributed by atoms with E-state index in [0.717, 1.165) is 102 Å². The predicted octanol–water partition coefficient (Wildman–Crippen LogP) is 12.9. The first kappa shape index (κ1) is 52.8. The molecular formula is C49H92N6O4. The number of ether oxygens (including phenoxy) is 2. The summed E-state index contributed by atoms with van der Waals surface area (Å²) < 4.78 is 13.8. The van der Waals surface area contributed by atoms with Crippen LogP contribution in [-0.4, -0.2) is 74.1 Å². The Balaban J connectivity index is 1.68. The van der Waals surface area contributed by atoms with Crippen LogP contribution in [0.1, 0.15) is 233 Å². The molecule has 0 aromatic carbocycles. The van der Waals surface area contributed by atoms with Gasteiger partial charge < -0.3 is 29.8 Å². The third-order valence-corrected chi connectivity index (χ3v) is 12.0. The highest BCUT2D eigenvalue weighted by molar-refractivity contribution is 5.81. The molecule has 2 aromatic rings. The lowest BCUT2D eigenvalue weighted by atomic mass is 10.0. The standard InChI is InChI=1S/C49H92N6O4/c1-4-7-10-13-18-25-33-44(34-26-19-14-11-8-5-2)59-46(57)36-28-21-17-23-30-38-54(39-32-40-55-43-53-47-48(50)51-42-52-49(47)55)37-29-22-16-20-27-35-45(56)58-41-31-24-15-12-9-6-3/h42-44,46,57H,4-41H2,1-3H3,(H2,50,51,52). The van der Waals surface area contributed by atoms with Gasteiger partial charge in [0, 0.05) is 13.0 Å². The van der Waals surface area contributed by atoms with E-state index in [-0.39, 0.29) is 12.1 Å². The van der Waals surface area contributed by atoms with Gasteiger partial charge in [0.1, 0.15) is 11.8 Å². The number of nitrogens with two attached hydrogens (primary N) is 1. The molecule has 0 saturated heterocycles. The summed E-state index contributed by atoms with van der Waals surface area (Å²) in [6.07, 6.45) is 41.6. The van der Waals surface area contributed by atoms with E-state index in [1.54, 1.807) is 0 Å². The van der Waals surface area contributed by atoms with Gasteiger partial charge in [0.15, 0.2) is 17.8 Å². The van der Waals surface area contributed by atoms with Gasteiger partial charge in [0.2, 0.25) is 0 Å². The number of imidazole rings is 1. The van der Waals surface area contributed by atoms with Gasteiger partial charge in [-0.05, 0) is 77.4 Å². The van der Waals surface area contributed by atoms with Crippen molar-refractivity contribution in [3.63, 3.8) is 0 Å². The van der Waals surface area contributed by atoms with E-state index >= 15 is 0 Å². The van der Waals surface area contributed by atoms with Gasteiger partial charge in [-0.25, -0.2) is 15.0 Å². The van der Waals surface area contributed by atoms with Gasteiger partial charge in [0.25, 0.3) is 0 Å². The van der Waals surface area contributed by atoms with Crippen molar-refractivity contribution in [2.75, 3.05) is 32.0 Å². The molecule has 0 bridgehead atoms. The zero-order chi connectivity index (χ0) is 42.4. The molecule has 0 saturated carbocycles. The second-order valence-electron chi connectivity index (χ2n) is 17.5. The highest BCUT2D eigenvalue weighted by atomic mass is 16.6. The third kappa shape index (κ3) is 28.0. The lowest BCUT2D eigenvalue weighted by molar-refractivity contribution is -0.144. The van der Waals surface area contributed by atoms with Crippen molar-refractivity contribution in [1.82, 2.24) is 24.4 Å². The van der Waals surface area contributed by atoms with Crippen molar-refractivity contribution in [2.45, 2.75) is 252 Å². The number of aliphatic hydroxyl groups is 1. The molecule has 0 aliphatic heterocycles. The van der Waals surface area contributed by atoms with Crippen LogP contribution >= 0.6 is 0 Å². The zero-order valence-corrected chi connectivity index (χ0v) is 38.7. The maximum absolute atomic E-state index is 12.1. The minimum absolute atomic E-state index is 0.0275. The topological polar surface area (TPSA) is 129 Å². The normalized spacial score (nSPS) is 12.4. The number of nitrogen functional groups attached to an aromatic ring is 1. The number of hydrogen-bond acceptors (Lipinski definition) is 9. The quantitative estimate of drug-likeness (QED) is 0.0381. The Hall–Kier alpha value is -2.30. The summed E-state index contributed by atoms with van der Waals surface area (Å²) >= 11 is 0. The Kier molecular flexibility index (Phi) is 33.5. The third-order valence-electron chi connectivity index (χ3n) is 12.0. The predicted molar refractivity (Wildman–Crippen MR) is 247 cm³/mol. The molecule has 0 aliphatic carbocycles. The number of anilines is 1. The van der Waals surface area contributed by atoms with Crippen LogP contribution in [0.2, 0.25) is 0 Å². The van der Waals surface area contributed by atoms with Crippen LogP contribution in [0, 0.1) is 0 Å². The van der Waals surface area contributed by atoms with Gasteiger partial charge in [-0.3, -0.25) is 4.79 Å². The minimum Gasteiger partial charge on any atom is -0.466 e. The molecule has 2 heterocycles. The van der Waals surface area contributed by atoms with Gasteiger partial charge in [-0.1, -0.05) is 168 Å². The molecule has 2 rings (SSSR count). The molecule has 0 fully saturated rings. The smallest absolute Gasteiger partial charge is 0.305 e. The molecule has 342 valence electrons. The van der Waals surface area contributed by atoms with Gasteiger partial charge >= 0.3 is 5.97 Å². The molecule has 0 amide bonds. The maximum Gasteiger partial charge on any atom is 0.305 e. The first-order valence-corrected chi connectivity index (χ1v) is 25.1. The fourth-order valence-electron chi connectivity index (χ4n) is 8.20. The molecule has 0 spiro atoms. The van der Waals surface area contributed by atoms with Crippen LogP contribution in [0.4, 0.5) is 5.82 Å². The van der Waals surface area contributed by atoms with E-state index in [9.17, 15) is 9.90 Å². The summed E-state index contributed by atoms with van der Waals surface area (Å²) in [6.45, 7) is 11.4. The van der Waals surface area contributed by atoms with Crippen molar-refractivity contribution in [3.05, 3.63) is 12.7 Å². The van der Waals surface area contributed by atoms with Crippen LogP contribution in [0.25, 0.3) is 11.2 Å². The average Bonchev–Trinajstić information content (AvgIpc) is 3.65. The van der Waals surface area contributed by atoms with Gasteiger partial charge in [-0.15, -0.1) is 0 Å². The van der Waals surface area contributed by atoms with Gasteiger partial charge in [0.05, 0.1) is 19.0 Å². The number of aliphatic hydroxyl groups excluding tert-OH is 1. The van der Waals surface area contributed by atoms with Crippen LogP contribution < -0.4 is 5.73 Å². The number of carbonyl (C=O) groups is 1. The largest absolute Gasteiger partial charge is 0.466 e. The first-order valence-electron chi connectivity index (χ1n) is 25.1. The molecule has 1 unspecified atom stereocenters. The molecule has 3 N–H and O–H groups in total. The molecule has 10 heteroatoms. The molecule has 10 nitrogen and oxygen atoms in total. The monoisotopic (exact) mass is 829 g/mol. The lowest BCUT2D eigenvalue weighted by Crippen LogP contribution is -2.28. The maximum atomic E-state index is 12.1. The van der Waals surface area contributed by atoms with Crippen LogP contribution in [-0.2, 0) is 20.8 Å². The Morgan fingerprint density at radius 3 is 1.71 bits per heavy atom. The van der Waals surface area contributed by atoms with E-state index in [1.165, 1.54) is 141 Å². The van der Waals surface area contributed by atoms with E-state index in [0.29, 0.717) is 24.4 Å². The van der Waals surface area contributed by atoms with E-state index in [2.05, 4.69) is 45.2 Å². The lowest BCUT2D eigenvalue weighted by Gasteiger charge is -2.23. The van der Waals surface area contributed by atoms with Crippen LogP contribution in [0.15, 0.2) is 12.7 Å². The Labute approximate surface area is 362 Å². The van der Waals surface area contributed by atoms with E-state index in [4.69, 9.17) is 15.2 Å². The number of nitrogens with zero attached hydrogens (tertiary/aromatic N) is 5.